The van der Waals surface area contributed by atoms with Gasteiger partial charge < -0.3 is 20.1 Å². The van der Waals surface area contributed by atoms with Gasteiger partial charge in [-0.2, -0.15) is 0 Å². The van der Waals surface area contributed by atoms with Crippen LogP contribution in [0.4, 0.5) is 10.1 Å². The first kappa shape index (κ1) is 23.2. The number of aryl methyl sites for hydroxylation is 1. The predicted octanol–water partition coefficient (Wildman–Crippen LogP) is 5.51. The minimum Gasteiger partial charge on any atom is -0.379 e. The van der Waals surface area contributed by atoms with Gasteiger partial charge in [-0.15, -0.1) is 0 Å². The molecule has 5 nitrogen and oxygen atoms in total. The van der Waals surface area contributed by atoms with E-state index in [0.717, 1.165) is 60.7 Å². The fourth-order valence-corrected chi connectivity index (χ4v) is 5.14. The van der Waals surface area contributed by atoms with Gasteiger partial charge in [-0.05, 0) is 81.0 Å². The van der Waals surface area contributed by atoms with Crippen molar-refractivity contribution in [2.45, 2.75) is 46.2 Å². The second kappa shape index (κ2) is 9.59. The van der Waals surface area contributed by atoms with Crippen molar-refractivity contribution in [3.8, 4) is 0 Å². The summed E-state index contributed by atoms with van der Waals surface area (Å²) in [4.78, 5) is 15.5. The van der Waals surface area contributed by atoms with Crippen molar-refractivity contribution >= 4 is 34.1 Å². The number of hydrogen-bond donors (Lipinski definition) is 2. The standard InChI is InChI=1S/C27H32ClFN4O/c1-17-18(2)33(16-19-4-5-19)26-23(17)12-21(27(34)32-10-3-8-30-9-11-32)13-25(26)31-15-20-6-7-22(29)14-24(20)28/h6-7,12-14,19,30-31H,3-5,8-11,15-16H2,1-2H3. The number of amides is 1. The van der Waals surface area contributed by atoms with E-state index in [1.807, 2.05) is 11.0 Å². The maximum absolute atomic E-state index is 13.5. The zero-order chi connectivity index (χ0) is 23.8. The number of anilines is 1. The molecule has 2 fully saturated rings. The Morgan fingerprint density at radius 2 is 2.00 bits per heavy atom. The monoisotopic (exact) mass is 482 g/mol. The summed E-state index contributed by atoms with van der Waals surface area (Å²) >= 11 is 6.30. The van der Waals surface area contributed by atoms with Crippen molar-refractivity contribution < 1.29 is 9.18 Å². The van der Waals surface area contributed by atoms with E-state index >= 15 is 0 Å². The molecule has 0 unspecified atom stereocenters. The number of rotatable bonds is 6. The summed E-state index contributed by atoms with van der Waals surface area (Å²) in [5, 5.41) is 8.42. The lowest BCUT2D eigenvalue weighted by atomic mass is 10.1. The molecule has 34 heavy (non-hydrogen) atoms. The zero-order valence-corrected chi connectivity index (χ0v) is 20.6. The number of hydrogen-bond acceptors (Lipinski definition) is 3. The number of fused-ring (bicyclic) bond motifs is 1. The summed E-state index contributed by atoms with van der Waals surface area (Å²) in [7, 11) is 0. The Morgan fingerprint density at radius 1 is 1.18 bits per heavy atom. The van der Waals surface area contributed by atoms with Gasteiger partial charge >= 0.3 is 0 Å². The first-order valence-electron chi connectivity index (χ1n) is 12.2. The van der Waals surface area contributed by atoms with Crippen LogP contribution in [0.1, 0.15) is 46.4 Å². The van der Waals surface area contributed by atoms with Crippen molar-refractivity contribution in [2.75, 3.05) is 31.5 Å². The van der Waals surface area contributed by atoms with Crippen LogP contribution in [0.15, 0.2) is 30.3 Å². The second-order valence-electron chi connectivity index (χ2n) is 9.67. The van der Waals surface area contributed by atoms with Gasteiger partial charge in [-0.3, -0.25) is 4.79 Å². The predicted molar refractivity (Wildman–Crippen MR) is 136 cm³/mol. The van der Waals surface area contributed by atoms with E-state index in [1.54, 1.807) is 6.07 Å². The van der Waals surface area contributed by atoms with Gasteiger partial charge in [-0.25, -0.2) is 4.39 Å². The van der Waals surface area contributed by atoms with Gasteiger partial charge in [0, 0.05) is 54.4 Å². The normalized spacial score (nSPS) is 16.6. The Balaban J connectivity index is 1.56. The van der Waals surface area contributed by atoms with Crippen LogP contribution < -0.4 is 10.6 Å². The Morgan fingerprint density at radius 3 is 2.76 bits per heavy atom. The smallest absolute Gasteiger partial charge is 0.253 e. The average molecular weight is 483 g/mol. The first-order valence-corrected chi connectivity index (χ1v) is 12.6. The van der Waals surface area contributed by atoms with Gasteiger partial charge in [0.1, 0.15) is 5.82 Å². The fourth-order valence-electron chi connectivity index (χ4n) is 4.91. The third-order valence-electron chi connectivity index (χ3n) is 7.23. The largest absolute Gasteiger partial charge is 0.379 e. The maximum Gasteiger partial charge on any atom is 0.253 e. The van der Waals surface area contributed by atoms with E-state index in [4.69, 9.17) is 11.6 Å². The van der Waals surface area contributed by atoms with Crippen LogP contribution in [0.5, 0.6) is 0 Å². The Hall–Kier alpha value is -2.57. The maximum atomic E-state index is 13.5. The summed E-state index contributed by atoms with van der Waals surface area (Å²) in [5.41, 5.74) is 6.04. The molecule has 0 radical (unpaired) electrons. The molecule has 1 aromatic heterocycles. The molecule has 2 N–H and O–H groups in total. The molecule has 1 aliphatic heterocycles. The fraction of sp³-hybridized carbons (Fsp3) is 0.444. The number of nitrogens with one attached hydrogen (secondary N) is 2. The lowest BCUT2D eigenvalue weighted by molar-refractivity contribution is 0.0766. The molecule has 0 bridgehead atoms. The van der Waals surface area contributed by atoms with Crippen molar-refractivity contribution in [3.63, 3.8) is 0 Å². The molecular weight excluding hydrogens is 451 g/mol. The van der Waals surface area contributed by atoms with Crippen LogP contribution in [0.3, 0.4) is 0 Å². The van der Waals surface area contributed by atoms with Gasteiger partial charge in [0.05, 0.1) is 11.2 Å². The molecule has 2 aliphatic rings. The van der Waals surface area contributed by atoms with E-state index < -0.39 is 0 Å². The van der Waals surface area contributed by atoms with E-state index in [2.05, 4.69) is 35.1 Å². The molecule has 0 atom stereocenters. The van der Waals surface area contributed by atoms with Crippen molar-refractivity contribution in [1.29, 1.82) is 0 Å². The number of carbonyl (C=O) groups is 1. The number of carbonyl (C=O) groups excluding carboxylic acids is 1. The molecule has 1 aliphatic carbocycles. The summed E-state index contributed by atoms with van der Waals surface area (Å²) in [6.07, 6.45) is 3.50. The molecule has 2 aromatic carbocycles. The third kappa shape index (κ3) is 4.66. The van der Waals surface area contributed by atoms with Crippen LogP contribution in [0.2, 0.25) is 5.02 Å². The minimum atomic E-state index is -0.347. The first-order chi connectivity index (χ1) is 16.4. The van der Waals surface area contributed by atoms with Crippen LogP contribution in [0.25, 0.3) is 10.9 Å². The summed E-state index contributed by atoms with van der Waals surface area (Å²) in [6.45, 7) is 8.99. The van der Waals surface area contributed by atoms with Gasteiger partial charge in [-0.1, -0.05) is 17.7 Å². The summed E-state index contributed by atoms with van der Waals surface area (Å²) < 4.78 is 15.9. The number of nitrogens with zero attached hydrogens (tertiary/aromatic N) is 2. The van der Waals surface area contributed by atoms with E-state index in [1.165, 1.54) is 36.2 Å². The van der Waals surface area contributed by atoms with Crippen LogP contribution in [-0.4, -0.2) is 41.6 Å². The Labute approximate surface area is 205 Å². The number of benzene rings is 2. The highest BCUT2D eigenvalue weighted by Gasteiger charge is 2.26. The molecule has 180 valence electrons. The molecule has 1 saturated heterocycles. The Bertz CT molecular complexity index is 1230. The molecule has 1 saturated carbocycles. The molecule has 5 rings (SSSR count). The van der Waals surface area contributed by atoms with E-state index in [-0.39, 0.29) is 11.7 Å². The highest BCUT2D eigenvalue weighted by Crippen LogP contribution is 2.38. The SMILES string of the molecule is Cc1c(C)n(CC2CC2)c2c(NCc3ccc(F)cc3Cl)cc(C(=O)N3CCCNCC3)cc12. The molecule has 0 spiro atoms. The number of halogens is 2. The highest BCUT2D eigenvalue weighted by atomic mass is 35.5. The van der Waals surface area contributed by atoms with E-state index in [0.29, 0.717) is 23.7 Å². The Kier molecular flexibility index (Phi) is 6.54. The van der Waals surface area contributed by atoms with Crippen LogP contribution in [0, 0.1) is 25.6 Å². The lowest BCUT2D eigenvalue weighted by Gasteiger charge is -2.21. The molecule has 3 aromatic rings. The molecular formula is C27H32ClFN4O. The molecule has 1 amide bonds. The number of aromatic nitrogens is 1. The zero-order valence-electron chi connectivity index (χ0n) is 19.9. The second-order valence-corrected chi connectivity index (χ2v) is 10.1. The molecule has 7 heteroatoms. The summed E-state index contributed by atoms with van der Waals surface area (Å²) in [6, 6.07) is 8.53. The molecule has 2 heterocycles. The minimum absolute atomic E-state index is 0.0699. The van der Waals surface area contributed by atoms with Crippen LogP contribution in [-0.2, 0) is 13.1 Å². The highest BCUT2D eigenvalue weighted by molar-refractivity contribution is 6.31. The van der Waals surface area contributed by atoms with Gasteiger partial charge in [0.2, 0.25) is 0 Å². The quantitative estimate of drug-likeness (QED) is 0.487. The average Bonchev–Trinajstić information content (AvgIpc) is 3.64. The van der Waals surface area contributed by atoms with Crippen molar-refractivity contribution in [1.82, 2.24) is 14.8 Å². The summed E-state index contributed by atoms with van der Waals surface area (Å²) in [5.74, 6) is 0.444. The van der Waals surface area contributed by atoms with Gasteiger partial charge in [0.15, 0.2) is 0 Å². The van der Waals surface area contributed by atoms with Crippen molar-refractivity contribution in [2.24, 2.45) is 5.92 Å². The van der Waals surface area contributed by atoms with E-state index in [9.17, 15) is 9.18 Å². The van der Waals surface area contributed by atoms with Crippen molar-refractivity contribution in [3.05, 3.63) is 63.6 Å². The lowest BCUT2D eigenvalue weighted by Crippen LogP contribution is -2.34. The van der Waals surface area contributed by atoms with Gasteiger partial charge in [0.25, 0.3) is 5.91 Å². The third-order valence-corrected chi connectivity index (χ3v) is 7.58. The van der Waals surface area contributed by atoms with Crippen LogP contribution >= 0.6 is 11.6 Å². The topological polar surface area (TPSA) is 49.3 Å².